The summed E-state index contributed by atoms with van der Waals surface area (Å²) in [4.78, 5) is 15.4. The molecule has 0 saturated heterocycles. The second-order valence-electron chi connectivity index (χ2n) is 3.06. The highest BCUT2D eigenvalue weighted by molar-refractivity contribution is 9.10. The summed E-state index contributed by atoms with van der Waals surface area (Å²) in [6.07, 6.45) is 1.67. The molecule has 0 saturated carbocycles. The normalized spacial score (nSPS) is 10.4. The molecule has 2 aromatic rings. The molecule has 0 atom stereocenters. The highest BCUT2D eigenvalue weighted by atomic mass is 79.9. The van der Waals surface area contributed by atoms with Crippen molar-refractivity contribution < 1.29 is 4.79 Å². The fraction of sp³-hybridized carbons (Fsp3) is 0.0909. The molecule has 1 heterocycles. The van der Waals surface area contributed by atoms with Gasteiger partial charge >= 0.3 is 0 Å². The first-order valence-electron chi connectivity index (χ1n) is 4.24. The molecule has 0 spiro atoms. The van der Waals surface area contributed by atoms with Crippen LogP contribution in [0.1, 0.15) is 17.4 Å². The van der Waals surface area contributed by atoms with Crippen LogP contribution in [0.5, 0.6) is 0 Å². The van der Waals surface area contributed by atoms with Gasteiger partial charge in [-0.1, -0.05) is 24.3 Å². The maximum absolute atomic E-state index is 11.3. The van der Waals surface area contributed by atoms with E-state index in [0.717, 1.165) is 15.2 Å². The molecule has 2 rings (SSSR count). The molecule has 2 nitrogen and oxygen atoms in total. The second kappa shape index (κ2) is 3.50. The Morgan fingerprint density at radius 2 is 1.93 bits per heavy atom. The molecule has 0 aliphatic heterocycles. The van der Waals surface area contributed by atoms with Gasteiger partial charge in [-0.05, 0) is 21.3 Å². The van der Waals surface area contributed by atoms with E-state index in [2.05, 4.69) is 20.9 Å². The topological polar surface area (TPSA) is 30.0 Å². The number of carbonyl (C=O) groups excluding carboxylic acids is 1. The SMILES string of the molecule is CC(=O)c1ncc(Br)c2ccccc12. The van der Waals surface area contributed by atoms with Crippen molar-refractivity contribution in [2.45, 2.75) is 6.92 Å². The lowest BCUT2D eigenvalue weighted by atomic mass is 10.1. The number of nitrogens with zero attached hydrogens (tertiary/aromatic N) is 1. The lowest BCUT2D eigenvalue weighted by Gasteiger charge is -2.03. The number of ketones is 1. The van der Waals surface area contributed by atoms with E-state index in [1.165, 1.54) is 6.92 Å². The van der Waals surface area contributed by atoms with Crippen LogP contribution in [0.4, 0.5) is 0 Å². The number of rotatable bonds is 1. The van der Waals surface area contributed by atoms with Gasteiger partial charge in [-0.3, -0.25) is 9.78 Å². The Morgan fingerprint density at radius 1 is 1.29 bits per heavy atom. The highest BCUT2D eigenvalue weighted by Gasteiger charge is 2.08. The molecule has 1 aromatic heterocycles. The van der Waals surface area contributed by atoms with E-state index < -0.39 is 0 Å². The van der Waals surface area contributed by atoms with E-state index in [-0.39, 0.29) is 5.78 Å². The van der Waals surface area contributed by atoms with Gasteiger partial charge in [0.15, 0.2) is 5.78 Å². The summed E-state index contributed by atoms with van der Waals surface area (Å²) in [5, 5.41) is 1.92. The molecule has 0 bridgehead atoms. The van der Waals surface area contributed by atoms with Crippen molar-refractivity contribution in [2.75, 3.05) is 0 Å². The number of carbonyl (C=O) groups is 1. The Balaban J connectivity index is 2.88. The molecule has 0 aliphatic rings. The van der Waals surface area contributed by atoms with Crippen LogP contribution in [-0.2, 0) is 0 Å². The zero-order valence-electron chi connectivity index (χ0n) is 7.62. The summed E-state index contributed by atoms with van der Waals surface area (Å²) in [5.74, 6) is -0.00583. The molecular formula is C11H8BrNO. The fourth-order valence-corrected chi connectivity index (χ4v) is 1.89. The third-order valence-electron chi connectivity index (χ3n) is 2.08. The van der Waals surface area contributed by atoms with Crippen LogP contribution in [0.2, 0.25) is 0 Å². The molecule has 3 heteroatoms. The van der Waals surface area contributed by atoms with Crippen LogP contribution in [0.15, 0.2) is 34.9 Å². The summed E-state index contributed by atoms with van der Waals surface area (Å²) in [5.41, 5.74) is 0.531. The summed E-state index contributed by atoms with van der Waals surface area (Å²) < 4.78 is 0.915. The predicted octanol–water partition coefficient (Wildman–Crippen LogP) is 3.20. The van der Waals surface area contributed by atoms with Crippen LogP contribution >= 0.6 is 15.9 Å². The quantitative estimate of drug-likeness (QED) is 0.727. The molecule has 0 fully saturated rings. The minimum atomic E-state index is -0.00583. The van der Waals surface area contributed by atoms with Crippen molar-refractivity contribution in [3.63, 3.8) is 0 Å². The van der Waals surface area contributed by atoms with Crippen molar-refractivity contribution in [2.24, 2.45) is 0 Å². The highest BCUT2D eigenvalue weighted by Crippen LogP contribution is 2.24. The minimum absolute atomic E-state index is 0.00583. The van der Waals surface area contributed by atoms with Crippen LogP contribution in [0.3, 0.4) is 0 Å². The van der Waals surface area contributed by atoms with Gasteiger partial charge in [-0.2, -0.15) is 0 Å². The summed E-state index contributed by atoms with van der Waals surface area (Å²) in [6, 6.07) is 7.72. The molecule has 0 amide bonds. The molecular weight excluding hydrogens is 242 g/mol. The van der Waals surface area contributed by atoms with Gasteiger partial charge in [0.1, 0.15) is 5.69 Å². The lowest BCUT2D eigenvalue weighted by molar-refractivity contribution is 0.101. The minimum Gasteiger partial charge on any atom is -0.293 e. The molecule has 0 aliphatic carbocycles. The monoisotopic (exact) mass is 249 g/mol. The first-order valence-corrected chi connectivity index (χ1v) is 5.03. The van der Waals surface area contributed by atoms with E-state index in [0.29, 0.717) is 5.69 Å². The van der Waals surface area contributed by atoms with Gasteiger partial charge in [0.05, 0.1) is 0 Å². The number of fused-ring (bicyclic) bond motifs is 1. The van der Waals surface area contributed by atoms with Gasteiger partial charge < -0.3 is 0 Å². The zero-order valence-corrected chi connectivity index (χ0v) is 9.21. The van der Waals surface area contributed by atoms with Gasteiger partial charge in [0.2, 0.25) is 0 Å². The lowest BCUT2D eigenvalue weighted by Crippen LogP contribution is -1.97. The first-order chi connectivity index (χ1) is 6.70. The first kappa shape index (κ1) is 9.34. The largest absolute Gasteiger partial charge is 0.293 e. The number of halogens is 1. The molecule has 0 radical (unpaired) electrons. The Morgan fingerprint density at radius 3 is 2.57 bits per heavy atom. The van der Waals surface area contributed by atoms with Crippen molar-refractivity contribution in [1.29, 1.82) is 0 Å². The molecule has 0 N–H and O–H groups in total. The van der Waals surface area contributed by atoms with Crippen molar-refractivity contribution >= 4 is 32.5 Å². The molecule has 1 aromatic carbocycles. The second-order valence-corrected chi connectivity index (χ2v) is 3.91. The number of aromatic nitrogens is 1. The van der Waals surface area contributed by atoms with E-state index in [4.69, 9.17) is 0 Å². The smallest absolute Gasteiger partial charge is 0.178 e. The summed E-state index contributed by atoms with van der Waals surface area (Å²) >= 11 is 3.41. The maximum Gasteiger partial charge on any atom is 0.178 e. The molecule has 70 valence electrons. The number of benzene rings is 1. The van der Waals surface area contributed by atoms with E-state index in [9.17, 15) is 4.79 Å². The van der Waals surface area contributed by atoms with Crippen LogP contribution in [-0.4, -0.2) is 10.8 Å². The van der Waals surface area contributed by atoms with E-state index >= 15 is 0 Å². The van der Waals surface area contributed by atoms with Crippen LogP contribution in [0, 0.1) is 0 Å². The predicted molar refractivity (Wildman–Crippen MR) is 59.4 cm³/mol. The van der Waals surface area contributed by atoms with Gasteiger partial charge in [-0.15, -0.1) is 0 Å². The van der Waals surface area contributed by atoms with E-state index in [1.54, 1.807) is 6.20 Å². The van der Waals surface area contributed by atoms with Crippen LogP contribution in [0.25, 0.3) is 10.8 Å². The number of hydrogen-bond donors (Lipinski definition) is 0. The Bertz CT molecular complexity index is 508. The summed E-state index contributed by atoms with van der Waals surface area (Å²) in [6.45, 7) is 1.53. The third-order valence-corrected chi connectivity index (χ3v) is 2.71. The Hall–Kier alpha value is -1.22. The number of hydrogen-bond acceptors (Lipinski definition) is 2. The number of pyridine rings is 1. The van der Waals surface area contributed by atoms with Gasteiger partial charge in [-0.25, -0.2) is 0 Å². The Kier molecular flexibility index (Phi) is 2.33. The Labute approximate surface area is 90.1 Å². The average molecular weight is 250 g/mol. The maximum atomic E-state index is 11.3. The van der Waals surface area contributed by atoms with Gasteiger partial charge in [0.25, 0.3) is 0 Å². The van der Waals surface area contributed by atoms with Crippen molar-refractivity contribution in [3.05, 3.63) is 40.6 Å². The fourth-order valence-electron chi connectivity index (χ4n) is 1.44. The third kappa shape index (κ3) is 1.44. The number of Topliss-reactive ketones (excluding diaryl/α,β-unsaturated/α-hetero) is 1. The van der Waals surface area contributed by atoms with Crippen LogP contribution < -0.4 is 0 Å². The molecule has 0 unspecified atom stereocenters. The van der Waals surface area contributed by atoms with Crippen molar-refractivity contribution in [3.8, 4) is 0 Å². The van der Waals surface area contributed by atoms with E-state index in [1.807, 2.05) is 24.3 Å². The van der Waals surface area contributed by atoms with Gasteiger partial charge in [0, 0.05) is 23.0 Å². The average Bonchev–Trinajstić information content (AvgIpc) is 2.18. The zero-order chi connectivity index (χ0) is 10.1. The van der Waals surface area contributed by atoms with Crippen molar-refractivity contribution in [1.82, 2.24) is 4.98 Å². The summed E-state index contributed by atoms with van der Waals surface area (Å²) in [7, 11) is 0. The standard InChI is InChI=1S/C11H8BrNO/c1-7(14)11-9-5-3-2-4-8(9)10(12)6-13-11/h2-6H,1H3. The molecule has 14 heavy (non-hydrogen) atoms.